The second kappa shape index (κ2) is 8.11. The predicted molar refractivity (Wildman–Crippen MR) is 93.3 cm³/mol. The molecule has 1 amide bonds. The molecule has 0 atom stereocenters. The van der Waals surface area contributed by atoms with Crippen molar-refractivity contribution in [1.82, 2.24) is 10.2 Å². The fourth-order valence-electron chi connectivity index (χ4n) is 2.39. The maximum Gasteiger partial charge on any atom is 0.261 e. The Hall–Kier alpha value is -1.65. The van der Waals surface area contributed by atoms with E-state index >= 15 is 0 Å². The van der Waals surface area contributed by atoms with Crippen LogP contribution in [-0.4, -0.2) is 23.9 Å². The Kier molecular flexibility index (Phi) is 6.16. The van der Waals surface area contributed by atoms with Crippen molar-refractivity contribution in [2.24, 2.45) is 0 Å². The molecule has 4 heteroatoms. The molecule has 0 aliphatic rings. The van der Waals surface area contributed by atoms with Gasteiger partial charge in [-0.05, 0) is 43.3 Å². The number of rotatable bonds is 7. The molecule has 3 nitrogen and oxygen atoms in total. The summed E-state index contributed by atoms with van der Waals surface area (Å²) in [6.07, 6.45) is 0. The van der Waals surface area contributed by atoms with Crippen LogP contribution in [0.25, 0.3) is 0 Å². The van der Waals surface area contributed by atoms with E-state index in [0.717, 1.165) is 29.4 Å². The largest absolute Gasteiger partial charge is 0.347 e. The number of benzene rings is 1. The normalized spacial score (nSPS) is 10.9. The van der Waals surface area contributed by atoms with Crippen LogP contribution in [0, 0.1) is 6.92 Å². The van der Waals surface area contributed by atoms with Crippen LogP contribution in [0.4, 0.5) is 0 Å². The van der Waals surface area contributed by atoms with E-state index in [0.29, 0.717) is 6.54 Å². The monoisotopic (exact) mass is 316 g/mol. The van der Waals surface area contributed by atoms with E-state index in [1.807, 2.05) is 25.1 Å². The van der Waals surface area contributed by atoms with E-state index in [2.05, 4.69) is 42.3 Å². The Morgan fingerprint density at radius 3 is 2.36 bits per heavy atom. The number of aryl methyl sites for hydroxylation is 1. The van der Waals surface area contributed by atoms with Gasteiger partial charge in [0.2, 0.25) is 0 Å². The molecule has 1 N–H and O–H groups in total. The van der Waals surface area contributed by atoms with E-state index < -0.39 is 0 Å². The summed E-state index contributed by atoms with van der Waals surface area (Å²) in [5.74, 6) is 0.00995. The average molecular weight is 316 g/mol. The number of amides is 1. The first kappa shape index (κ1) is 16.7. The highest BCUT2D eigenvalue weighted by Crippen LogP contribution is 2.16. The molecule has 1 aromatic heterocycles. The maximum atomic E-state index is 12.2. The van der Waals surface area contributed by atoms with Crippen LogP contribution in [-0.2, 0) is 13.1 Å². The predicted octanol–water partition coefficient (Wildman–Crippen LogP) is 3.83. The number of carbonyl (C=O) groups is 1. The average Bonchev–Trinajstić information content (AvgIpc) is 2.97. The fraction of sp³-hybridized carbons (Fsp3) is 0.389. The minimum absolute atomic E-state index is 0.00995. The number of hydrogen-bond donors (Lipinski definition) is 1. The zero-order valence-electron chi connectivity index (χ0n) is 13.6. The molecule has 2 rings (SSSR count). The standard InChI is InChI=1S/C18H24N2OS/c1-4-20(5-2)13-16-9-7-6-8-15(16)12-19-18(21)17-11-10-14(3)22-17/h6-11H,4-5,12-13H2,1-3H3,(H,19,21). The molecule has 0 spiro atoms. The summed E-state index contributed by atoms with van der Waals surface area (Å²) in [7, 11) is 0. The Morgan fingerprint density at radius 1 is 1.09 bits per heavy atom. The Labute approximate surface area is 137 Å². The van der Waals surface area contributed by atoms with Gasteiger partial charge in [0, 0.05) is 18.0 Å². The molecule has 22 heavy (non-hydrogen) atoms. The summed E-state index contributed by atoms with van der Waals surface area (Å²) < 4.78 is 0. The first-order valence-electron chi connectivity index (χ1n) is 7.77. The number of thiophene rings is 1. The van der Waals surface area contributed by atoms with Crippen molar-refractivity contribution < 1.29 is 4.79 Å². The minimum atomic E-state index is 0.00995. The van der Waals surface area contributed by atoms with Crippen LogP contribution >= 0.6 is 11.3 Å². The molecule has 2 aromatic rings. The highest BCUT2D eigenvalue weighted by molar-refractivity contribution is 7.13. The zero-order valence-corrected chi connectivity index (χ0v) is 14.4. The maximum absolute atomic E-state index is 12.2. The fourth-order valence-corrected chi connectivity index (χ4v) is 3.18. The lowest BCUT2D eigenvalue weighted by Crippen LogP contribution is -2.25. The number of carbonyl (C=O) groups excluding carboxylic acids is 1. The van der Waals surface area contributed by atoms with Gasteiger partial charge in [0.05, 0.1) is 4.88 Å². The van der Waals surface area contributed by atoms with E-state index in [1.165, 1.54) is 22.5 Å². The van der Waals surface area contributed by atoms with Gasteiger partial charge in [-0.15, -0.1) is 11.3 Å². The van der Waals surface area contributed by atoms with Crippen LogP contribution in [0.2, 0.25) is 0 Å². The molecule has 0 aliphatic heterocycles. The van der Waals surface area contributed by atoms with Crippen LogP contribution in [0.1, 0.15) is 39.5 Å². The van der Waals surface area contributed by atoms with E-state index in [9.17, 15) is 4.79 Å². The van der Waals surface area contributed by atoms with Gasteiger partial charge in [0.25, 0.3) is 5.91 Å². The van der Waals surface area contributed by atoms with Crippen LogP contribution in [0.3, 0.4) is 0 Å². The lowest BCUT2D eigenvalue weighted by Gasteiger charge is -2.20. The quantitative estimate of drug-likeness (QED) is 0.842. The molecule has 0 unspecified atom stereocenters. The molecular formula is C18H24N2OS. The van der Waals surface area contributed by atoms with Crippen molar-refractivity contribution in [3.8, 4) is 0 Å². The molecule has 118 valence electrons. The van der Waals surface area contributed by atoms with Crippen molar-refractivity contribution >= 4 is 17.2 Å². The molecule has 0 saturated carbocycles. The SMILES string of the molecule is CCN(CC)Cc1ccccc1CNC(=O)c1ccc(C)s1. The third-order valence-electron chi connectivity index (χ3n) is 3.81. The Balaban J connectivity index is 2.02. The van der Waals surface area contributed by atoms with Gasteiger partial charge in [0.15, 0.2) is 0 Å². The van der Waals surface area contributed by atoms with Gasteiger partial charge in [0.1, 0.15) is 0 Å². The van der Waals surface area contributed by atoms with Gasteiger partial charge < -0.3 is 5.32 Å². The molecular weight excluding hydrogens is 292 g/mol. The third kappa shape index (κ3) is 4.42. The first-order chi connectivity index (χ1) is 10.6. The lowest BCUT2D eigenvalue weighted by atomic mass is 10.1. The lowest BCUT2D eigenvalue weighted by molar-refractivity contribution is 0.0955. The Morgan fingerprint density at radius 2 is 1.77 bits per heavy atom. The van der Waals surface area contributed by atoms with Crippen molar-refractivity contribution in [2.45, 2.75) is 33.9 Å². The zero-order chi connectivity index (χ0) is 15.9. The van der Waals surface area contributed by atoms with Crippen LogP contribution < -0.4 is 5.32 Å². The summed E-state index contributed by atoms with van der Waals surface area (Å²) in [5, 5.41) is 3.03. The summed E-state index contributed by atoms with van der Waals surface area (Å²) in [5.41, 5.74) is 2.48. The van der Waals surface area contributed by atoms with Gasteiger partial charge >= 0.3 is 0 Å². The van der Waals surface area contributed by atoms with E-state index in [1.54, 1.807) is 0 Å². The highest BCUT2D eigenvalue weighted by atomic mass is 32.1. The molecule has 0 fully saturated rings. The molecule has 1 aromatic carbocycles. The van der Waals surface area contributed by atoms with E-state index in [-0.39, 0.29) is 5.91 Å². The van der Waals surface area contributed by atoms with Gasteiger partial charge in [-0.3, -0.25) is 9.69 Å². The summed E-state index contributed by atoms with van der Waals surface area (Å²) in [4.78, 5) is 16.5. The second-order valence-electron chi connectivity index (χ2n) is 5.32. The summed E-state index contributed by atoms with van der Waals surface area (Å²) >= 11 is 1.53. The highest BCUT2D eigenvalue weighted by Gasteiger charge is 2.10. The molecule has 1 heterocycles. The number of nitrogens with one attached hydrogen (secondary N) is 1. The van der Waals surface area contributed by atoms with Crippen molar-refractivity contribution in [2.75, 3.05) is 13.1 Å². The smallest absolute Gasteiger partial charge is 0.261 e. The topological polar surface area (TPSA) is 32.3 Å². The molecule has 0 radical (unpaired) electrons. The van der Waals surface area contributed by atoms with E-state index in [4.69, 9.17) is 0 Å². The van der Waals surface area contributed by atoms with Crippen LogP contribution in [0.15, 0.2) is 36.4 Å². The van der Waals surface area contributed by atoms with Crippen molar-refractivity contribution in [3.05, 3.63) is 57.3 Å². The van der Waals surface area contributed by atoms with Gasteiger partial charge in [-0.2, -0.15) is 0 Å². The van der Waals surface area contributed by atoms with Gasteiger partial charge in [-0.1, -0.05) is 38.1 Å². The summed E-state index contributed by atoms with van der Waals surface area (Å²) in [6, 6.07) is 12.2. The van der Waals surface area contributed by atoms with Gasteiger partial charge in [-0.25, -0.2) is 0 Å². The third-order valence-corrected chi connectivity index (χ3v) is 4.81. The number of hydrogen-bond acceptors (Lipinski definition) is 3. The minimum Gasteiger partial charge on any atom is -0.347 e. The second-order valence-corrected chi connectivity index (χ2v) is 6.61. The summed E-state index contributed by atoms with van der Waals surface area (Å²) in [6.45, 7) is 9.93. The molecule has 0 bridgehead atoms. The van der Waals surface area contributed by atoms with Crippen molar-refractivity contribution in [3.63, 3.8) is 0 Å². The molecule has 0 aliphatic carbocycles. The Bertz CT molecular complexity index is 617. The van der Waals surface area contributed by atoms with Crippen molar-refractivity contribution in [1.29, 1.82) is 0 Å². The first-order valence-corrected chi connectivity index (χ1v) is 8.59. The molecule has 0 saturated heterocycles. The number of nitrogens with zero attached hydrogens (tertiary/aromatic N) is 1. The van der Waals surface area contributed by atoms with Crippen LogP contribution in [0.5, 0.6) is 0 Å².